The van der Waals surface area contributed by atoms with E-state index in [1.54, 1.807) is 0 Å². The van der Waals surface area contributed by atoms with Crippen molar-refractivity contribution >= 4 is 84.9 Å². The molecule has 140 valence electrons. The molecule has 3 aliphatic rings. The van der Waals surface area contributed by atoms with Gasteiger partial charge < -0.3 is 14.2 Å². The topological polar surface area (TPSA) is 37.6 Å². The van der Waals surface area contributed by atoms with Crippen LogP contribution in [0.5, 0.6) is 0 Å². The third-order valence-electron chi connectivity index (χ3n) is 4.15. The number of thioether (sulfide) groups is 4. The smallest absolute Gasteiger partial charge is 0.147 e. The van der Waals surface area contributed by atoms with Crippen molar-refractivity contribution in [3.05, 3.63) is 0 Å². The standard InChI is InChI=1S/C14H24O3S7/c1-12(9(18)15-12)22-5-4-21-8(6-23-13(2)10(19)16-13)7-24-14(3)11(20)17-14/h8-11,18-20H,4-7H2,1-3H3. The van der Waals surface area contributed by atoms with Gasteiger partial charge in [0.15, 0.2) is 0 Å². The first-order chi connectivity index (χ1) is 11.2. The maximum absolute atomic E-state index is 5.56. The largest absolute Gasteiger partial charge is 0.343 e. The van der Waals surface area contributed by atoms with Gasteiger partial charge in [0.25, 0.3) is 0 Å². The van der Waals surface area contributed by atoms with E-state index in [2.05, 4.69) is 58.7 Å². The molecular weight excluding hydrogens is 441 g/mol. The van der Waals surface area contributed by atoms with Crippen LogP contribution in [-0.4, -0.2) is 59.4 Å². The molecule has 24 heavy (non-hydrogen) atoms. The van der Waals surface area contributed by atoms with Crippen molar-refractivity contribution in [1.29, 1.82) is 0 Å². The molecule has 0 aromatic rings. The Morgan fingerprint density at radius 3 is 1.50 bits per heavy atom. The molecule has 3 saturated heterocycles. The van der Waals surface area contributed by atoms with E-state index in [0.29, 0.717) is 5.25 Å². The summed E-state index contributed by atoms with van der Waals surface area (Å²) in [6.45, 7) is 6.35. The number of hydrogen-bond donors (Lipinski definition) is 3. The molecule has 0 aliphatic carbocycles. The van der Waals surface area contributed by atoms with Crippen LogP contribution in [0, 0.1) is 0 Å². The summed E-state index contributed by atoms with van der Waals surface area (Å²) < 4.78 is 16.6. The highest BCUT2D eigenvalue weighted by molar-refractivity contribution is 8.07. The Bertz CT molecular complexity index is 446. The number of ether oxygens (including phenoxy) is 3. The van der Waals surface area contributed by atoms with Gasteiger partial charge in [-0.25, -0.2) is 0 Å². The van der Waals surface area contributed by atoms with Crippen molar-refractivity contribution in [3.8, 4) is 0 Å². The van der Waals surface area contributed by atoms with E-state index >= 15 is 0 Å². The second-order valence-corrected chi connectivity index (χ2v) is 13.6. The summed E-state index contributed by atoms with van der Waals surface area (Å²) >= 11 is 20.8. The quantitative estimate of drug-likeness (QED) is 0.239. The Labute approximate surface area is 178 Å². The lowest BCUT2D eigenvalue weighted by molar-refractivity contribution is 0.394. The second-order valence-electron chi connectivity index (χ2n) is 6.42. The molecule has 3 heterocycles. The Morgan fingerprint density at radius 1 is 0.750 bits per heavy atom. The average Bonchev–Trinajstić information content (AvgIpc) is 3.42. The molecule has 6 atom stereocenters. The molecule has 0 radical (unpaired) electrons. The molecule has 3 aliphatic heterocycles. The van der Waals surface area contributed by atoms with Gasteiger partial charge in [-0.05, 0) is 20.8 Å². The van der Waals surface area contributed by atoms with E-state index in [0.717, 1.165) is 23.0 Å². The molecule has 3 fully saturated rings. The molecule has 0 spiro atoms. The third-order valence-corrected chi connectivity index (χ3v) is 12.6. The molecule has 6 unspecified atom stereocenters. The molecule has 0 saturated carbocycles. The van der Waals surface area contributed by atoms with Crippen LogP contribution in [0.25, 0.3) is 0 Å². The fraction of sp³-hybridized carbons (Fsp3) is 1.00. The van der Waals surface area contributed by atoms with Crippen LogP contribution in [0.15, 0.2) is 0 Å². The van der Waals surface area contributed by atoms with Crippen LogP contribution in [0.1, 0.15) is 20.8 Å². The van der Waals surface area contributed by atoms with Crippen LogP contribution in [-0.2, 0) is 14.2 Å². The SMILES string of the molecule is CC1(SCCSC(CSC2(C)OC2S)CSC2(C)OC2S)OC1S. The van der Waals surface area contributed by atoms with Crippen molar-refractivity contribution in [3.63, 3.8) is 0 Å². The molecular formula is C14H24O3S7. The van der Waals surface area contributed by atoms with Gasteiger partial charge in [0, 0.05) is 28.3 Å². The van der Waals surface area contributed by atoms with Gasteiger partial charge in [0.1, 0.15) is 31.1 Å². The summed E-state index contributed by atoms with van der Waals surface area (Å²) in [6, 6.07) is 0. The van der Waals surface area contributed by atoms with Crippen LogP contribution < -0.4 is 0 Å². The van der Waals surface area contributed by atoms with Gasteiger partial charge in [-0.15, -0.1) is 73.2 Å². The molecule has 3 rings (SSSR count). The third kappa shape index (κ3) is 5.44. The van der Waals surface area contributed by atoms with Crippen LogP contribution in [0.3, 0.4) is 0 Å². The van der Waals surface area contributed by atoms with Gasteiger partial charge in [-0.2, -0.15) is 11.8 Å². The lowest BCUT2D eigenvalue weighted by Gasteiger charge is -2.18. The molecule has 10 heteroatoms. The van der Waals surface area contributed by atoms with E-state index in [9.17, 15) is 0 Å². The van der Waals surface area contributed by atoms with E-state index < -0.39 is 0 Å². The first kappa shape index (κ1) is 21.0. The zero-order chi connectivity index (χ0) is 17.6. The van der Waals surface area contributed by atoms with Crippen LogP contribution in [0.2, 0.25) is 0 Å². The summed E-state index contributed by atoms with van der Waals surface area (Å²) in [7, 11) is 0. The zero-order valence-corrected chi connectivity index (χ0v) is 19.8. The Hall–Kier alpha value is 2.33. The van der Waals surface area contributed by atoms with Crippen LogP contribution >= 0.6 is 84.9 Å². The Balaban J connectivity index is 1.38. The minimum atomic E-state index is -0.109. The summed E-state index contributed by atoms with van der Waals surface area (Å²) in [5.41, 5.74) is 0.233. The van der Waals surface area contributed by atoms with Crippen molar-refractivity contribution in [1.82, 2.24) is 0 Å². The molecule has 0 aromatic heterocycles. The van der Waals surface area contributed by atoms with Crippen molar-refractivity contribution < 1.29 is 14.2 Å². The predicted octanol–water partition coefficient (Wildman–Crippen LogP) is 4.29. The van der Waals surface area contributed by atoms with Crippen LogP contribution in [0.4, 0.5) is 0 Å². The minimum Gasteiger partial charge on any atom is -0.343 e. The van der Waals surface area contributed by atoms with E-state index in [-0.39, 0.29) is 31.1 Å². The Kier molecular flexibility index (Phi) is 7.00. The summed E-state index contributed by atoms with van der Waals surface area (Å²) in [5.74, 6) is 4.31. The van der Waals surface area contributed by atoms with Crippen molar-refractivity contribution in [2.24, 2.45) is 0 Å². The minimum absolute atomic E-state index is 0.0711. The van der Waals surface area contributed by atoms with E-state index in [1.165, 1.54) is 0 Å². The summed E-state index contributed by atoms with van der Waals surface area (Å²) in [5, 5.41) is 0.559. The van der Waals surface area contributed by atoms with E-state index in [4.69, 9.17) is 14.2 Å². The maximum atomic E-state index is 5.56. The Morgan fingerprint density at radius 2 is 1.12 bits per heavy atom. The monoisotopic (exact) mass is 464 g/mol. The van der Waals surface area contributed by atoms with Crippen molar-refractivity contribution in [2.75, 3.05) is 23.0 Å². The fourth-order valence-corrected chi connectivity index (χ4v) is 8.51. The number of thiol groups is 3. The van der Waals surface area contributed by atoms with E-state index in [1.807, 2.05) is 47.0 Å². The molecule has 0 aromatic carbocycles. The van der Waals surface area contributed by atoms with Gasteiger partial charge in [0.2, 0.25) is 0 Å². The van der Waals surface area contributed by atoms with Crippen molar-refractivity contribution in [2.45, 2.75) is 57.1 Å². The highest BCUT2D eigenvalue weighted by atomic mass is 32.2. The molecule has 0 bridgehead atoms. The van der Waals surface area contributed by atoms with Gasteiger partial charge in [-0.3, -0.25) is 0 Å². The second kappa shape index (κ2) is 7.99. The lowest BCUT2D eigenvalue weighted by atomic mass is 10.5. The first-order valence-electron chi connectivity index (χ1n) is 7.78. The zero-order valence-electron chi connectivity index (χ0n) is 13.8. The predicted molar refractivity (Wildman–Crippen MR) is 120 cm³/mol. The number of hydrogen-bond acceptors (Lipinski definition) is 10. The molecule has 3 nitrogen and oxygen atoms in total. The normalized spacial score (nSPS) is 47.5. The summed E-state index contributed by atoms with van der Waals surface area (Å²) in [4.78, 5) is -0.296. The fourth-order valence-electron chi connectivity index (χ4n) is 2.00. The highest BCUT2D eigenvalue weighted by Gasteiger charge is 2.53. The lowest BCUT2D eigenvalue weighted by Crippen LogP contribution is -2.18. The highest BCUT2D eigenvalue weighted by Crippen LogP contribution is 2.52. The number of rotatable bonds is 11. The molecule has 0 amide bonds. The summed E-state index contributed by atoms with van der Waals surface area (Å²) in [6.07, 6.45) is 0. The van der Waals surface area contributed by atoms with Gasteiger partial charge in [0.05, 0.1) is 0 Å². The molecule has 0 N–H and O–H groups in total. The average molecular weight is 465 g/mol. The maximum Gasteiger partial charge on any atom is 0.147 e. The first-order valence-corrected chi connectivity index (χ1v) is 13.3. The number of epoxide rings is 3. The van der Waals surface area contributed by atoms with Gasteiger partial charge in [-0.1, -0.05) is 0 Å². The van der Waals surface area contributed by atoms with Gasteiger partial charge >= 0.3 is 0 Å².